The first kappa shape index (κ1) is 13.7. The Bertz CT molecular complexity index is 560. The summed E-state index contributed by atoms with van der Waals surface area (Å²) < 4.78 is 0.782. The van der Waals surface area contributed by atoms with Crippen molar-refractivity contribution in [2.45, 2.75) is 6.04 Å². The summed E-state index contributed by atoms with van der Waals surface area (Å²) in [5, 5.41) is 3.33. The first-order valence-corrected chi connectivity index (χ1v) is 7.51. The van der Waals surface area contributed by atoms with E-state index in [9.17, 15) is 9.59 Å². The predicted molar refractivity (Wildman–Crippen MR) is 78.9 cm³/mol. The van der Waals surface area contributed by atoms with E-state index in [1.54, 1.807) is 28.0 Å². The van der Waals surface area contributed by atoms with Gasteiger partial charge in [-0.15, -0.1) is 0 Å². The van der Waals surface area contributed by atoms with Gasteiger partial charge in [0.1, 0.15) is 0 Å². The minimum Gasteiger partial charge on any atom is -0.336 e. The number of benzene rings is 1. The predicted octanol–water partition coefficient (Wildman–Crippen LogP) is 1.95. The molecule has 0 aromatic heterocycles. The van der Waals surface area contributed by atoms with E-state index in [-0.39, 0.29) is 18.0 Å². The molecule has 3 amide bonds. The molecule has 2 aliphatic rings. The first-order chi connectivity index (χ1) is 9.54. The Labute approximate surface area is 130 Å². The van der Waals surface area contributed by atoms with Crippen molar-refractivity contribution >= 4 is 39.5 Å². The Balaban J connectivity index is 1.76. The molecular formula is C13H13BrClN3O2. The second kappa shape index (κ2) is 5.26. The number of amides is 3. The number of nitrogens with zero attached hydrogens (tertiary/aromatic N) is 2. The van der Waals surface area contributed by atoms with Crippen LogP contribution < -0.4 is 5.32 Å². The summed E-state index contributed by atoms with van der Waals surface area (Å²) >= 11 is 9.32. The molecule has 5 nitrogen and oxygen atoms in total. The lowest BCUT2D eigenvalue weighted by atomic mass is 10.1. The van der Waals surface area contributed by atoms with E-state index in [4.69, 9.17) is 11.6 Å². The number of piperazine rings is 1. The van der Waals surface area contributed by atoms with E-state index in [1.807, 2.05) is 0 Å². The molecule has 0 bridgehead atoms. The molecule has 2 heterocycles. The van der Waals surface area contributed by atoms with Gasteiger partial charge in [-0.25, -0.2) is 4.79 Å². The van der Waals surface area contributed by atoms with Crippen molar-refractivity contribution in [2.75, 3.05) is 26.2 Å². The van der Waals surface area contributed by atoms with Crippen molar-refractivity contribution in [1.29, 1.82) is 0 Å². The van der Waals surface area contributed by atoms with Crippen LogP contribution in [0.2, 0.25) is 5.02 Å². The average molecular weight is 359 g/mol. The Kier molecular flexibility index (Phi) is 3.60. The number of carbonyl (C=O) groups is 2. The highest BCUT2D eigenvalue weighted by Crippen LogP contribution is 2.22. The van der Waals surface area contributed by atoms with Crippen LogP contribution in [0.25, 0.3) is 0 Å². The molecule has 3 rings (SSSR count). The van der Waals surface area contributed by atoms with Crippen molar-refractivity contribution < 1.29 is 9.59 Å². The minimum atomic E-state index is -0.0489. The molecule has 7 heteroatoms. The molecule has 1 atom stereocenters. The summed E-state index contributed by atoms with van der Waals surface area (Å²) in [5.74, 6) is -0.0489. The summed E-state index contributed by atoms with van der Waals surface area (Å²) in [7, 11) is 0. The highest BCUT2D eigenvalue weighted by Gasteiger charge is 2.37. The van der Waals surface area contributed by atoms with Gasteiger partial charge >= 0.3 is 6.03 Å². The quantitative estimate of drug-likeness (QED) is 0.834. The summed E-state index contributed by atoms with van der Waals surface area (Å²) in [6.07, 6.45) is 0. The van der Waals surface area contributed by atoms with Crippen LogP contribution in [0.15, 0.2) is 22.7 Å². The molecule has 1 unspecified atom stereocenters. The van der Waals surface area contributed by atoms with Crippen LogP contribution in [0.3, 0.4) is 0 Å². The molecular weight excluding hydrogens is 346 g/mol. The van der Waals surface area contributed by atoms with E-state index in [0.29, 0.717) is 36.8 Å². The maximum Gasteiger partial charge on any atom is 0.317 e. The lowest BCUT2D eigenvalue weighted by Crippen LogP contribution is -2.53. The zero-order valence-corrected chi connectivity index (χ0v) is 12.9. The van der Waals surface area contributed by atoms with Crippen LogP contribution in [0.5, 0.6) is 0 Å². The third kappa shape index (κ3) is 2.50. The summed E-state index contributed by atoms with van der Waals surface area (Å²) in [6, 6.07) is 5.21. The second-order valence-electron chi connectivity index (χ2n) is 4.94. The average Bonchev–Trinajstić information content (AvgIpc) is 2.78. The Morgan fingerprint density at radius 2 is 2.15 bits per heavy atom. The maximum atomic E-state index is 12.5. The monoisotopic (exact) mass is 357 g/mol. The minimum absolute atomic E-state index is 0.0346. The number of halogens is 2. The number of hydrogen-bond acceptors (Lipinski definition) is 2. The lowest BCUT2D eigenvalue weighted by Gasteiger charge is -2.36. The molecule has 20 heavy (non-hydrogen) atoms. The van der Waals surface area contributed by atoms with Crippen molar-refractivity contribution in [3.8, 4) is 0 Å². The fourth-order valence-corrected chi connectivity index (χ4v) is 3.51. The fraction of sp³-hybridized carbons (Fsp3) is 0.385. The standard InChI is InChI=1S/C13H13BrClN3O2/c14-9-3-8(4-10(15)5-9)12(19)17-1-2-18-11(7-17)6-16-13(18)20/h3-5,11H,1-2,6-7H2,(H,16,20). The molecule has 2 aliphatic heterocycles. The molecule has 1 aromatic carbocycles. The second-order valence-corrected chi connectivity index (χ2v) is 6.29. The Hall–Kier alpha value is -1.27. The molecule has 0 saturated carbocycles. The van der Waals surface area contributed by atoms with Gasteiger partial charge in [-0.1, -0.05) is 27.5 Å². The smallest absolute Gasteiger partial charge is 0.317 e. The molecule has 0 aliphatic carbocycles. The topological polar surface area (TPSA) is 52.7 Å². The van der Waals surface area contributed by atoms with Gasteiger partial charge in [-0.05, 0) is 18.2 Å². The van der Waals surface area contributed by atoms with Crippen LogP contribution in [0.1, 0.15) is 10.4 Å². The molecule has 2 fully saturated rings. The van der Waals surface area contributed by atoms with E-state index in [1.165, 1.54) is 0 Å². The lowest BCUT2D eigenvalue weighted by molar-refractivity contribution is 0.0617. The van der Waals surface area contributed by atoms with E-state index < -0.39 is 0 Å². The van der Waals surface area contributed by atoms with Crippen LogP contribution in [-0.2, 0) is 0 Å². The van der Waals surface area contributed by atoms with Gasteiger partial charge in [0.15, 0.2) is 0 Å². The Morgan fingerprint density at radius 1 is 1.35 bits per heavy atom. The van der Waals surface area contributed by atoms with E-state index in [0.717, 1.165) is 4.47 Å². The van der Waals surface area contributed by atoms with Crippen LogP contribution in [0, 0.1) is 0 Å². The molecule has 2 saturated heterocycles. The largest absolute Gasteiger partial charge is 0.336 e. The Morgan fingerprint density at radius 3 is 2.90 bits per heavy atom. The van der Waals surface area contributed by atoms with Crippen molar-refractivity contribution in [3.05, 3.63) is 33.3 Å². The third-order valence-electron chi connectivity index (χ3n) is 3.63. The zero-order valence-electron chi connectivity index (χ0n) is 10.6. The van der Waals surface area contributed by atoms with Gasteiger partial charge < -0.3 is 15.1 Å². The summed E-state index contributed by atoms with van der Waals surface area (Å²) in [5.41, 5.74) is 0.565. The van der Waals surface area contributed by atoms with Crippen molar-refractivity contribution in [1.82, 2.24) is 15.1 Å². The molecule has 106 valence electrons. The molecule has 1 N–H and O–H groups in total. The molecule has 1 aromatic rings. The molecule has 0 radical (unpaired) electrons. The van der Waals surface area contributed by atoms with Crippen molar-refractivity contribution in [3.63, 3.8) is 0 Å². The normalized spacial score (nSPS) is 21.7. The van der Waals surface area contributed by atoms with E-state index >= 15 is 0 Å². The van der Waals surface area contributed by atoms with Gasteiger partial charge in [-0.2, -0.15) is 0 Å². The van der Waals surface area contributed by atoms with Gasteiger partial charge in [0.05, 0.1) is 6.04 Å². The van der Waals surface area contributed by atoms with Gasteiger partial charge in [-0.3, -0.25) is 4.79 Å². The van der Waals surface area contributed by atoms with Crippen molar-refractivity contribution in [2.24, 2.45) is 0 Å². The van der Waals surface area contributed by atoms with Gasteiger partial charge in [0.2, 0.25) is 0 Å². The number of fused-ring (bicyclic) bond motifs is 1. The molecule has 0 spiro atoms. The number of nitrogens with one attached hydrogen (secondary N) is 1. The maximum absolute atomic E-state index is 12.5. The van der Waals surface area contributed by atoms with Crippen LogP contribution in [0.4, 0.5) is 4.79 Å². The third-order valence-corrected chi connectivity index (χ3v) is 4.31. The number of rotatable bonds is 1. The SMILES string of the molecule is O=C(c1cc(Cl)cc(Br)c1)N1CCN2C(=O)NCC2C1. The fourth-order valence-electron chi connectivity index (χ4n) is 2.65. The van der Waals surface area contributed by atoms with E-state index in [2.05, 4.69) is 21.2 Å². The van der Waals surface area contributed by atoms with Gasteiger partial charge in [0, 0.05) is 41.2 Å². The number of carbonyl (C=O) groups excluding carboxylic acids is 2. The first-order valence-electron chi connectivity index (χ1n) is 6.34. The summed E-state index contributed by atoms with van der Waals surface area (Å²) in [6.45, 7) is 2.28. The number of hydrogen-bond donors (Lipinski definition) is 1. The summed E-state index contributed by atoms with van der Waals surface area (Å²) in [4.78, 5) is 27.6. The zero-order chi connectivity index (χ0) is 14.3. The number of urea groups is 1. The van der Waals surface area contributed by atoms with Crippen LogP contribution >= 0.6 is 27.5 Å². The van der Waals surface area contributed by atoms with Gasteiger partial charge in [0.25, 0.3) is 5.91 Å². The highest BCUT2D eigenvalue weighted by molar-refractivity contribution is 9.10. The van der Waals surface area contributed by atoms with Crippen LogP contribution in [-0.4, -0.2) is 54.0 Å². The highest BCUT2D eigenvalue weighted by atomic mass is 79.9.